The average molecular weight is 247 g/mol. The third-order valence-electron chi connectivity index (χ3n) is 2.38. The van der Waals surface area contributed by atoms with Crippen molar-refractivity contribution in [2.24, 2.45) is 0 Å². The van der Waals surface area contributed by atoms with Gasteiger partial charge in [-0.3, -0.25) is 10.1 Å². The molecule has 88 valence electrons. The fraction of sp³-hybridized carbons (Fsp3) is 0.167. The molecule has 1 aromatic rings. The number of carbonyl (C=O) groups excluding carboxylic acids is 1. The Morgan fingerprint density at radius 1 is 1.29 bits per heavy atom. The highest BCUT2D eigenvalue weighted by Gasteiger charge is 2.31. The molecule has 0 radical (unpaired) electrons. The molecule has 0 bridgehead atoms. The van der Waals surface area contributed by atoms with Crippen molar-refractivity contribution in [2.75, 3.05) is 14.1 Å². The monoisotopic (exact) mass is 247 g/mol. The van der Waals surface area contributed by atoms with Crippen LogP contribution in [0.4, 0.5) is 0 Å². The highest BCUT2D eigenvalue weighted by Crippen LogP contribution is 2.17. The third-order valence-corrected chi connectivity index (χ3v) is 2.65. The van der Waals surface area contributed by atoms with Gasteiger partial charge in [0, 0.05) is 14.1 Å². The zero-order chi connectivity index (χ0) is 12.4. The van der Waals surface area contributed by atoms with Crippen LogP contribution in [0.1, 0.15) is 5.56 Å². The number of thiocarbonyl (C=S) groups is 1. The second kappa shape index (κ2) is 4.65. The highest BCUT2D eigenvalue weighted by molar-refractivity contribution is 7.80. The van der Waals surface area contributed by atoms with E-state index in [0.29, 0.717) is 10.8 Å². The third kappa shape index (κ3) is 2.35. The van der Waals surface area contributed by atoms with Crippen LogP contribution in [0.2, 0.25) is 0 Å². The topological polar surface area (TPSA) is 35.6 Å². The number of nitrogens with zero attached hydrogens (tertiary/aromatic N) is 2. The average Bonchev–Trinajstić information content (AvgIpc) is 2.55. The summed E-state index contributed by atoms with van der Waals surface area (Å²) in [5.41, 5.74) is 1.50. The molecule has 0 saturated carbocycles. The van der Waals surface area contributed by atoms with Gasteiger partial charge in [-0.25, -0.2) is 10.0 Å². The molecular formula is C12H13N3OS. The van der Waals surface area contributed by atoms with Crippen LogP contribution >= 0.6 is 12.2 Å². The SMILES string of the molecule is CN(C)N1C(=S)NC(=O)C1=Cc1ccccc1. The Kier molecular flexibility index (Phi) is 3.21. The number of hydrogen-bond donors (Lipinski definition) is 1. The molecule has 17 heavy (non-hydrogen) atoms. The van der Waals surface area contributed by atoms with Crippen molar-refractivity contribution in [1.82, 2.24) is 15.3 Å². The highest BCUT2D eigenvalue weighted by atomic mass is 32.1. The maximum absolute atomic E-state index is 11.8. The lowest BCUT2D eigenvalue weighted by atomic mass is 10.2. The van der Waals surface area contributed by atoms with Gasteiger partial charge in [0.15, 0.2) is 5.11 Å². The molecule has 1 amide bonds. The summed E-state index contributed by atoms with van der Waals surface area (Å²) >= 11 is 5.10. The Morgan fingerprint density at radius 3 is 2.53 bits per heavy atom. The van der Waals surface area contributed by atoms with Crippen molar-refractivity contribution < 1.29 is 4.79 Å². The van der Waals surface area contributed by atoms with Gasteiger partial charge in [0.25, 0.3) is 5.91 Å². The maximum atomic E-state index is 11.8. The van der Waals surface area contributed by atoms with Crippen LogP contribution in [-0.2, 0) is 4.79 Å². The normalized spacial score (nSPS) is 18.1. The van der Waals surface area contributed by atoms with Gasteiger partial charge in [0.05, 0.1) is 0 Å². The smallest absolute Gasteiger partial charge is 0.275 e. The number of benzene rings is 1. The molecule has 1 aromatic carbocycles. The Labute approximate surface area is 105 Å². The molecule has 1 saturated heterocycles. The molecule has 1 N–H and O–H groups in total. The van der Waals surface area contributed by atoms with Crippen molar-refractivity contribution in [1.29, 1.82) is 0 Å². The lowest BCUT2D eigenvalue weighted by Crippen LogP contribution is -2.38. The lowest BCUT2D eigenvalue weighted by molar-refractivity contribution is -0.116. The molecular weight excluding hydrogens is 234 g/mol. The van der Waals surface area contributed by atoms with Crippen molar-refractivity contribution in [3.63, 3.8) is 0 Å². The summed E-state index contributed by atoms with van der Waals surface area (Å²) in [7, 11) is 3.68. The second-order valence-corrected chi connectivity index (χ2v) is 4.25. The zero-order valence-corrected chi connectivity index (χ0v) is 10.5. The van der Waals surface area contributed by atoms with Crippen LogP contribution < -0.4 is 5.32 Å². The molecule has 1 aliphatic heterocycles. The van der Waals surface area contributed by atoms with Crippen LogP contribution in [0.3, 0.4) is 0 Å². The fourth-order valence-corrected chi connectivity index (χ4v) is 2.00. The van der Waals surface area contributed by atoms with E-state index in [1.54, 1.807) is 10.0 Å². The van der Waals surface area contributed by atoms with E-state index in [-0.39, 0.29) is 5.91 Å². The summed E-state index contributed by atoms with van der Waals surface area (Å²) in [6, 6.07) is 9.67. The minimum absolute atomic E-state index is 0.174. The summed E-state index contributed by atoms with van der Waals surface area (Å²) < 4.78 is 0. The minimum atomic E-state index is -0.174. The largest absolute Gasteiger partial charge is 0.296 e. The summed E-state index contributed by atoms with van der Waals surface area (Å²) in [6.07, 6.45) is 1.81. The number of carbonyl (C=O) groups is 1. The number of amides is 1. The standard InChI is InChI=1S/C12H13N3OS/c1-14(2)15-10(11(16)13-12(15)17)8-9-6-4-3-5-7-9/h3-8H,1-2H3,(H,13,16,17). The fourth-order valence-electron chi connectivity index (χ4n) is 1.65. The van der Waals surface area contributed by atoms with Crippen molar-refractivity contribution in [3.05, 3.63) is 41.6 Å². The van der Waals surface area contributed by atoms with E-state index >= 15 is 0 Å². The van der Waals surface area contributed by atoms with Gasteiger partial charge < -0.3 is 0 Å². The molecule has 0 spiro atoms. The van der Waals surface area contributed by atoms with E-state index < -0.39 is 0 Å². The summed E-state index contributed by atoms with van der Waals surface area (Å²) in [5, 5.41) is 6.48. The predicted molar refractivity (Wildman–Crippen MR) is 70.7 cm³/mol. The van der Waals surface area contributed by atoms with E-state index in [1.807, 2.05) is 50.5 Å². The van der Waals surface area contributed by atoms with Crippen molar-refractivity contribution >= 4 is 29.3 Å². The van der Waals surface area contributed by atoms with Crippen molar-refractivity contribution in [2.45, 2.75) is 0 Å². The Morgan fingerprint density at radius 2 is 1.94 bits per heavy atom. The summed E-state index contributed by atoms with van der Waals surface area (Å²) in [6.45, 7) is 0. The number of hydrazine groups is 1. The van der Waals surface area contributed by atoms with Crippen LogP contribution in [0.15, 0.2) is 36.0 Å². The first-order valence-corrected chi connectivity index (χ1v) is 5.60. The van der Waals surface area contributed by atoms with E-state index in [1.165, 1.54) is 0 Å². The number of rotatable bonds is 2. The first-order chi connectivity index (χ1) is 8.09. The predicted octanol–water partition coefficient (Wildman–Crippen LogP) is 1.22. The van der Waals surface area contributed by atoms with Crippen LogP contribution in [0, 0.1) is 0 Å². The maximum Gasteiger partial charge on any atom is 0.275 e. The van der Waals surface area contributed by atoms with Crippen molar-refractivity contribution in [3.8, 4) is 0 Å². The van der Waals surface area contributed by atoms with Gasteiger partial charge in [-0.2, -0.15) is 0 Å². The molecule has 0 atom stereocenters. The van der Waals surface area contributed by atoms with E-state index in [9.17, 15) is 4.79 Å². The number of nitrogens with one attached hydrogen (secondary N) is 1. The first-order valence-electron chi connectivity index (χ1n) is 5.19. The van der Waals surface area contributed by atoms with Crippen LogP contribution in [0.5, 0.6) is 0 Å². The Hall–Kier alpha value is -1.72. The molecule has 2 rings (SSSR count). The molecule has 5 heteroatoms. The molecule has 1 fully saturated rings. The first kappa shape index (κ1) is 11.8. The molecule has 1 aliphatic rings. The van der Waals surface area contributed by atoms with E-state index in [4.69, 9.17) is 12.2 Å². The molecule has 0 aliphatic carbocycles. The summed E-state index contributed by atoms with van der Waals surface area (Å²) in [4.78, 5) is 11.8. The van der Waals surface area contributed by atoms with Gasteiger partial charge >= 0.3 is 0 Å². The van der Waals surface area contributed by atoms with Crippen LogP contribution in [0.25, 0.3) is 6.08 Å². The molecule has 4 nitrogen and oxygen atoms in total. The molecule has 0 aromatic heterocycles. The van der Waals surface area contributed by atoms with E-state index in [2.05, 4.69) is 5.32 Å². The van der Waals surface area contributed by atoms with E-state index in [0.717, 1.165) is 5.56 Å². The van der Waals surface area contributed by atoms with Gasteiger partial charge in [0.2, 0.25) is 0 Å². The molecule has 1 heterocycles. The summed E-state index contributed by atoms with van der Waals surface area (Å²) in [5.74, 6) is -0.174. The van der Waals surface area contributed by atoms with Crippen LogP contribution in [-0.4, -0.2) is 35.1 Å². The molecule has 0 unspecified atom stereocenters. The second-order valence-electron chi connectivity index (χ2n) is 3.86. The van der Waals surface area contributed by atoms with Gasteiger partial charge in [-0.15, -0.1) is 0 Å². The lowest BCUT2D eigenvalue weighted by Gasteiger charge is -2.24. The van der Waals surface area contributed by atoms with Gasteiger partial charge in [-0.05, 0) is 23.9 Å². The Balaban J connectivity index is 2.39. The number of hydrogen-bond acceptors (Lipinski definition) is 3. The Bertz CT molecular complexity index is 482. The minimum Gasteiger partial charge on any atom is -0.296 e. The van der Waals surface area contributed by atoms with Gasteiger partial charge in [-0.1, -0.05) is 30.3 Å². The quantitative estimate of drug-likeness (QED) is 0.629. The zero-order valence-electron chi connectivity index (χ0n) is 9.68. The van der Waals surface area contributed by atoms with Gasteiger partial charge in [0.1, 0.15) is 5.70 Å².